The second-order valence-electron chi connectivity index (χ2n) is 6.57. The molecule has 0 radical (unpaired) electrons. The van der Waals surface area contributed by atoms with Crippen molar-refractivity contribution in [3.63, 3.8) is 0 Å². The molecule has 3 aromatic heterocycles. The Kier molecular flexibility index (Phi) is 5.16. The number of aryl methyl sites for hydroxylation is 2. The number of nitrogens with zero attached hydrogens (tertiary/aromatic N) is 3. The van der Waals surface area contributed by atoms with Crippen molar-refractivity contribution in [1.29, 1.82) is 0 Å². The summed E-state index contributed by atoms with van der Waals surface area (Å²) in [5, 5.41) is 3.08. The summed E-state index contributed by atoms with van der Waals surface area (Å²) in [6.07, 6.45) is 3.36. The van der Waals surface area contributed by atoms with E-state index in [0.717, 1.165) is 17.0 Å². The van der Waals surface area contributed by atoms with Crippen LogP contribution in [0.25, 0.3) is 11.4 Å². The molecular weight excluding hydrogens is 367 g/mol. The van der Waals surface area contributed by atoms with Crippen molar-refractivity contribution in [2.24, 2.45) is 0 Å². The van der Waals surface area contributed by atoms with E-state index in [1.807, 2.05) is 38.1 Å². The number of rotatable bonds is 5. The second kappa shape index (κ2) is 8.06. The number of halogens is 1. The summed E-state index contributed by atoms with van der Waals surface area (Å²) in [6, 6.07) is 17.3. The van der Waals surface area contributed by atoms with Gasteiger partial charge in [-0.3, -0.25) is 4.98 Å². The van der Waals surface area contributed by atoms with E-state index in [0.29, 0.717) is 28.7 Å². The molecule has 1 N–H and O–H groups in total. The first-order valence-electron chi connectivity index (χ1n) is 9.14. The summed E-state index contributed by atoms with van der Waals surface area (Å²) in [4.78, 5) is 13.4. The summed E-state index contributed by atoms with van der Waals surface area (Å²) < 4.78 is 19.6. The topological polar surface area (TPSA) is 59.9 Å². The monoisotopic (exact) mass is 386 g/mol. The minimum absolute atomic E-state index is 0.316. The Morgan fingerprint density at radius 2 is 1.79 bits per heavy atom. The highest BCUT2D eigenvalue weighted by Gasteiger charge is 2.13. The Hall–Kier alpha value is -3.80. The van der Waals surface area contributed by atoms with Crippen LogP contribution in [-0.4, -0.2) is 15.0 Å². The lowest BCUT2D eigenvalue weighted by atomic mass is 10.1. The molecule has 0 atom stereocenters. The summed E-state index contributed by atoms with van der Waals surface area (Å²) >= 11 is 0. The minimum Gasteiger partial charge on any atom is -0.455 e. The van der Waals surface area contributed by atoms with Gasteiger partial charge in [0.1, 0.15) is 23.1 Å². The number of benzene rings is 1. The molecule has 1 aromatic carbocycles. The summed E-state index contributed by atoms with van der Waals surface area (Å²) in [6.45, 7) is 3.94. The van der Waals surface area contributed by atoms with Crippen LogP contribution < -0.4 is 10.1 Å². The fraction of sp³-hybridized carbons (Fsp3) is 0.0870. The van der Waals surface area contributed by atoms with Gasteiger partial charge in [-0.25, -0.2) is 14.4 Å². The SMILES string of the molecule is Cc1cc(Oc2ccnc(Nc3cccc(F)c3)c2)c(-c2ccccn2)nc1C. The van der Waals surface area contributed by atoms with Crippen LogP contribution >= 0.6 is 0 Å². The maximum atomic E-state index is 13.4. The molecule has 6 heteroatoms. The Morgan fingerprint density at radius 1 is 0.897 bits per heavy atom. The third-order valence-corrected chi connectivity index (χ3v) is 4.39. The molecule has 0 unspecified atom stereocenters. The van der Waals surface area contributed by atoms with Gasteiger partial charge in [-0.2, -0.15) is 0 Å². The zero-order valence-electron chi connectivity index (χ0n) is 16.1. The number of ether oxygens (including phenoxy) is 1. The molecular formula is C23H19FN4O. The van der Waals surface area contributed by atoms with E-state index in [1.165, 1.54) is 12.1 Å². The molecule has 0 saturated heterocycles. The van der Waals surface area contributed by atoms with Crippen LogP contribution in [0.2, 0.25) is 0 Å². The number of hydrogen-bond acceptors (Lipinski definition) is 5. The number of pyridine rings is 3. The lowest BCUT2D eigenvalue weighted by molar-refractivity contribution is 0.481. The van der Waals surface area contributed by atoms with Gasteiger partial charge in [-0.1, -0.05) is 12.1 Å². The average Bonchev–Trinajstić information content (AvgIpc) is 2.71. The number of anilines is 2. The summed E-state index contributed by atoms with van der Waals surface area (Å²) in [5.74, 6) is 1.42. The molecule has 0 aliphatic carbocycles. The van der Waals surface area contributed by atoms with Crippen LogP contribution in [0.3, 0.4) is 0 Å². The molecule has 0 saturated carbocycles. The maximum absolute atomic E-state index is 13.4. The third kappa shape index (κ3) is 4.38. The molecule has 3 heterocycles. The van der Waals surface area contributed by atoms with Gasteiger partial charge >= 0.3 is 0 Å². The van der Waals surface area contributed by atoms with Crippen molar-refractivity contribution in [3.8, 4) is 22.9 Å². The Balaban J connectivity index is 1.65. The molecule has 29 heavy (non-hydrogen) atoms. The molecule has 144 valence electrons. The smallest absolute Gasteiger partial charge is 0.155 e. The minimum atomic E-state index is -0.316. The lowest BCUT2D eigenvalue weighted by Crippen LogP contribution is -1.98. The van der Waals surface area contributed by atoms with Crippen LogP contribution in [0.1, 0.15) is 11.3 Å². The van der Waals surface area contributed by atoms with E-state index in [1.54, 1.807) is 36.7 Å². The van der Waals surface area contributed by atoms with Crippen LogP contribution in [0.15, 0.2) is 73.1 Å². The van der Waals surface area contributed by atoms with E-state index >= 15 is 0 Å². The van der Waals surface area contributed by atoms with Gasteiger partial charge in [0, 0.05) is 29.8 Å². The molecule has 0 aliphatic rings. The summed E-state index contributed by atoms with van der Waals surface area (Å²) in [5.41, 5.74) is 3.95. The quantitative estimate of drug-likeness (QED) is 0.468. The Morgan fingerprint density at radius 3 is 2.59 bits per heavy atom. The standard InChI is InChI=1S/C23H19FN4O/c1-15-12-21(23(27-16(15)2)20-8-3-4-10-25-20)29-19-9-11-26-22(14-19)28-18-7-5-6-17(24)13-18/h3-14H,1-2H3,(H,26,28). The van der Waals surface area contributed by atoms with Gasteiger partial charge in [0.05, 0.1) is 5.69 Å². The van der Waals surface area contributed by atoms with Crippen molar-refractivity contribution in [2.75, 3.05) is 5.32 Å². The number of aromatic nitrogens is 3. The van der Waals surface area contributed by atoms with E-state index in [2.05, 4.69) is 20.3 Å². The van der Waals surface area contributed by atoms with Gasteiger partial charge in [0.2, 0.25) is 0 Å². The molecule has 0 amide bonds. The van der Waals surface area contributed by atoms with Crippen molar-refractivity contribution in [1.82, 2.24) is 15.0 Å². The lowest BCUT2D eigenvalue weighted by Gasteiger charge is -2.13. The number of hydrogen-bond donors (Lipinski definition) is 1. The van der Waals surface area contributed by atoms with Crippen LogP contribution in [0.5, 0.6) is 11.5 Å². The molecule has 4 aromatic rings. The fourth-order valence-corrected chi connectivity index (χ4v) is 2.83. The predicted molar refractivity (Wildman–Crippen MR) is 111 cm³/mol. The van der Waals surface area contributed by atoms with Crippen molar-refractivity contribution >= 4 is 11.5 Å². The molecule has 0 fully saturated rings. The highest BCUT2D eigenvalue weighted by Crippen LogP contribution is 2.33. The second-order valence-corrected chi connectivity index (χ2v) is 6.57. The van der Waals surface area contributed by atoms with Gasteiger partial charge < -0.3 is 10.1 Å². The van der Waals surface area contributed by atoms with Crippen molar-refractivity contribution in [2.45, 2.75) is 13.8 Å². The zero-order valence-corrected chi connectivity index (χ0v) is 16.1. The van der Waals surface area contributed by atoms with Gasteiger partial charge in [0.15, 0.2) is 5.75 Å². The summed E-state index contributed by atoms with van der Waals surface area (Å²) in [7, 11) is 0. The third-order valence-electron chi connectivity index (χ3n) is 4.39. The van der Waals surface area contributed by atoms with Gasteiger partial charge in [0.25, 0.3) is 0 Å². The van der Waals surface area contributed by atoms with Crippen molar-refractivity contribution in [3.05, 3.63) is 90.1 Å². The largest absolute Gasteiger partial charge is 0.455 e. The average molecular weight is 386 g/mol. The Bertz CT molecular complexity index is 1150. The van der Waals surface area contributed by atoms with E-state index in [4.69, 9.17) is 4.74 Å². The molecule has 4 rings (SSSR count). The van der Waals surface area contributed by atoms with Gasteiger partial charge in [-0.05, 0) is 61.9 Å². The zero-order chi connectivity index (χ0) is 20.2. The molecule has 0 spiro atoms. The van der Waals surface area contributed by atoms with Crippen LogP contribution in [-0.2, 0) is 0 Å². The maximum Gasteiger partial charge on any atom is 0.155 e. The van der Waals surface area contributed by atoms with E-state index in [9.17, 15) is 4.39 Å². The fourth-order valence-electron chi connectivity index (χ4n) is 2.83. The Labute approximate surface area is 168 Å². The van der Waals surface area contributed by atoms with Crippen LogP contribution in [0.4, 0.5) is 15.9 Å². The highest BCUT2D eigenvalue weighted by molar-refractivity contribution is 5.65. The van der Waals surface area contributed by atoms with Crippen molar-refractivity contribution < 1.29 is 9.13 Å². The van der Waals surface area contributed by atoms with Crippen LogP contribution in [0, 0.1) is 19.7 Å². The molecule has 5 nitrogen and oxygen atoms in total. The molecule has 0 aliphatic heterocycles. The normalized spacial score (nSPS) is 10.6. The first-order chi connectivity index (χ1) is 14.1. The van der Waals surface area contributed by atoms with Gasteiger partial charge in [-0.15, -0.1) is 0 Å². The van der Waals surface area contributed by atoms with E-state index in [-0.39, 0.29) is 5.82 Å². The highest BCUT2D eigenvalue weighted by atomic mass is 19.1. The first kappa shape index (κ1) is 18.6. The van der Waals surface area contributed by atoms with E-state index < -0.39 is 0 Å². The first-order valence-corrected chi connectivity index (χ1v) is 9.14. The molecule has 0 bridgehead atoms. The predicted octanol–water partition coefficient (Wildman–Crippen LogP) is 5.83. The number of nitrogens with one attached hydrogen (secondary N) is 1.